The molecular formula is C16H12Cl2N2O3. The van der Waals surface area contributed by atoms with Gasteiger partial charge in [0.1, 0.15) is 5.75 Å². The van der Waals surface area contributed by atoms with Crippen LogP contribution in [0.4, 0.5) is 11.4 Å². The molecule has 0 fully saturated rings. The van der Waals surface area contributed by atoms with Crippen molar-refractivity contribution in [3.05, 3.63) is 52.0 Å². The van der Waals surface area contributed by atoms with E-state index in [2.05, 4.69) is 10.6 Å². The number of rotatable bonds is 4. The molecule has 0 spiro atoms. The van der Waals surface area contributed by atoms with Crippen molar-refractivity contribution >= 4 is 46.4 Å². The summed E-state index contributed by atoms with van der Waals surface area (Å²) in [6, 6.07) is 10.0. The Morgan fingerprint density at radius 3 is 2.83 bits per heavy atom. The van der Waals surface area contributed by atoms with Crippen molar-refractivity contribution in [3.63, 3.8) is 0 Å². The van der Waals surface area contributed by atoms with E-state index in [0.717, 1.165) is 11.3 Å². The van der Waals surface area contributed by atoms with Crippen LogP contribution in [0, 0.1) is 0 Å². The van der Waals surface area contributed by atoms with Gasteiger partial charge in [0.05, 0.1) is 11.4 Å². The molecule has 0 aliphatic carbocycles. The molecule has 0 atom stereocenters. The van der Waals surface area contributed by atoms with Crippen LogP contribution in [0.3, 0.4) is 0 Å². The minimum absolute atomic E-state index is 0.0517. The predicted octanol–water partition coefficient (Wildman–Crippen LogP) is 3.51. The van der Waals surface area contributed by atoms with Crippen molar-refractivity contribution in [3.8, 4) is 5.75 Å². The SMILES string of the molecule is O=C(COc1ccc(Cl)cc1Cl)Nc1ccc2c(c1)CC(=O)N2. The first-order chi connectivity index (χ1) is 11.0. The number of nitrogens with one attached hydrogen (secondary N) is 2. The monoisotopic (exact) mass is 350 g/mol. The molecule has 7 heteroatoms. The van der Waals surface area contributed by atoms with Gasteiger partial charge in [-0.05, 0) is 42.0 Å². The zero-order valence-corrected chi connectivity index (χ0v) is 13.4. The number of benzene rings is 2. The summed E-state index contributed by atoms with van der Waals surface area (Å²) in [4.78, 5) is 23.2. The molecule has 2 aromatic carbocycles. The van der Waals surface area contributed by atoms with E-state index in [0.29, 0.717) is 27.9 Å². The Kier molecular flexibility index (Phi) is 4.41. The Morgan fingerprint density at radius 1 is 1.22 bits per heavy atom. The number of ether oxygens (including phenoxy) is 1. The summed E-state index contributed by atoms with van der Waals surface area (Å²) in [5.74, 6) is 0.00686. The summed E-state index contributed by atoms with van der Waals surface area (Å²) < 4.78 is 5.37. The number of anilines is 2. The van der Waals surface area contributed by atoms with Gasteiger partial charge in [0, 0.05) is 16.4 Å². The standard InChI is InChI=1S/C16H12Cl2N2O3/c17-10-1-4-14(12(18)7-10)23-8-16(22)19-11-2-3-13-9(5-11)6-15(21)20-13/h1-5,7H,6,8H2,(H,19,22)(H,20,21). The molecule has 0 saturated carbocycles. The lowest BCUT2D eigenvalue weighted by Crippen LogP contribution is -2.20. The number of amides is 2. The van der Waals surface area contributed by atoms with E-state index >= 15 is 0 Å². The number of halogens is 2. The van der Waals surface area contributed by atoms with Crippen LogP contribution in [-0.2, 0) is 16.0 Å². The van der Waals surface area contributed by atoms with Crippen LogP contribution in [0.5, 0.6) is 5.75 Å². The van der Waals surface area contributed by atoms with Crippen molar-refractivity contribution in [1.29, 1.82) is 0 Å². The number of carbonyl (C=O) groups is 2. The summed E-state index contributed by atoms with van der Waals surface area (Å²) in [6.07, 6.45) is 0.315. The van der Waals surface area contributed by atoms with Gasteiger partial charge in [-0.25, -0.2) is 0 Å². The average molecular weight is 351 g/mol. The fourth-order valence-corrected chi connectivity index (χ4v) is 2.70. The first kappa shape index (κ1) is 15.6. The van der Waals surface area contributed by atoms with Gasteiger partial charge in [0.25, 0.3) is 5.91 Å². The van der Waals surface area contributed by atoms with Gasteiger partial charge in [-0.1, -0.05) is 23.2 Å². The molecule has 1 aliphatic heterocycles. The highest BCUT2D eigenvalue weighted by Gasteiger charge is 2.18. The van der Waals surface area contributed by atoms with Crippen LogP contribution >= 0.6 is 23.2 Å². The van der Waals surface area contributed by atoms with Crippen LogP contribution < -0.4 is 15.4 Å². The summed E-state index contributed by atoms with van der Waals surface area (Å²) in [5.41, 5.74) is 2.24. The minimum atomic E-state index is -0.326. The molecule has 0 bridgehead atoms. The van der Waals surface area contributed by atoms with Crippen molar-refractivity contribution in [2.75, 3.05) is 17.2 Å². The Balaban J connectivity index is 1.59. The normalized spacial score (nSPS) is 12.5. The van der Waals surface area contributed by atoms with Crippen LogP contribution in [0.15, 0.2) is 36.4 Å². The van der Waals surface area contributed by atoms with Crippen LogP contribution in [0.1, 0.15) is 5.56 Å². The zero-order chi connectivity index (χ0) is 16.4. The largest absolute Gasteiger partial charge is 0.482 e. The molecule has 23 heavy (non-hydrogen) atoms. The van der Waals surface area contributed by atoms with Crippen LogP contribution in [0.25, 0.3) is 0 Å². The molecule has 5 nitrogen and oxygen atoms in total. The number of hydrogen-bond donors (Lipinski definition) is 2. The summed E-state index contributed by atoms with van der Waals surface area (Å²) >= 11 is 11.8. The third-order valence-electron chi connectivity index (χ3n) is 3.27. The highest BCUT2D eigenvalue weighted by molar-refractivity contribution is 6.35. The van der Waals surface area contributed by atoms with Crippen molar-refractivity contribution < 1.29 is 14.3 Å². The summed E-state index contributed by atoms with van der Waals surface area (Å²) in [5, 5.41) is 6.28. The highest BCUT2D eigenvalue weighted by Crippen LogP contribution is 2.28. The molecule has 2 N–H and O–H groups in total. The maximum Gasteiger partial charge on any atom is 0.262 e. The van der Waals surface area contributed by atoms with E-state index in [9.17, 15) is 9.59 Å². The zero-order valence-electron chi connectivity index (χ0n) is 11.9. The summed E-state index contributed by atoms with van der Waals surface area (Å²) in [6.45, 7) is -0.185. The molecular weight excluding hydrogens is 339 g/mol. The smallest absolute Gasteiger partial charge is 0.262 e. The van der Waals surface area contributed by atoms with Gasteiger partial charge in [-0.3, -0.25) is 9.59 Å². The fraction of sp³-hybridized carbons (Fsp3) is 0.125. The fourth-order valence-electron chi connectivity index (χ4n) is 2.24. The van der Waals surface area contributed by atoms with E-state index < -0.39 is 0 Å². The first-order valence-corrected chi connectivity index (χ1v) is 7.57. The minimum Gasteiger partial charge on any atom is -0.482 e. The molecule has 0 saturated heterocycles. The lowest BCUT2D eigenvalue weighted by atomic mass is 10.1. The molecule has 1 heterocycles. The van der Waals surface area contributed by atoms with Gasteiger partial charge >= 0.3 is 0 Å². The molecule has 3 rings (SSSR count). The van der Waals surface area contributed by atoms with Crippen molar-refractivity contribution in [1.82, 2.24) is 0 Å². The topological polar surface area (TPSA) is 67.4 Å². The van der Waals surface area contributed by atoms with E-state index in [1.165, 1.54) is 0 Å². The van der Waals surface area contributed by atoms with Gasteiger partial charge in [-0.15, -0.1) is 0 Å². The van der Waals surface area contributed by atoms with Gasteiger partial charge < -0.3 is 15.4 Å². The lowest BCUT2D eigenvalue weighted by molar-refractivity contribution is -0.118. The molecule has 2 aromatic rings. The Hall–Kier alpha value is -2.24. The van der Waals surface area contributed by atoms with Gasteiger partial charge in [0.2, 0.25) is 5.91 Å². The second-order valence-corrected chi connectivity index (χ2v) is 5.85. The molecule has 2 amide bonds. The lowest BCUT2D eigenvalue weighted by Gasteiger charge is -2.09. The first-order valence-electron chi connectivity index (χ1n) is 6.82. The van der Waals surface area contributed by atoms with E-state index in [-0.39, 0.29) is 18.4 Å². The van der Waals surface area contributed by atoms with Crippen molar-refractivity contribution in [2.24, 2.45) is 0 Å². The third kappa shape index (κ3) is 3.75. The third-order valence-corrected chi connectivity index (χ3v) is 3.80. The summed E-state index contributed by atoms with van der Waals surface area (Å²) in [7, 11) is 0. The molecule has 0 radical (unpaired) electrons. The molecule has 118 valence electrons. The maximum atomic E-state index is 11.9. The second-order valence-electron chi connectivity index (χ2n) is 5.01. The molecule has 0 aromatic heterocycles. The van der Waals surface area contributed by atoms with E-state index in [1.54, 1.807) is 36.4 Å². The van der Waals surface area contributed by atoms with Gasteiger partial charge in [0.15, 0.2) is 6.61 Å². The van der Waals surface area contributed by atoms with Gasteiger partial charge in [-0.2, -0.15) is 0 Å². The quantitative estimate of drug-likeness (QED) is 0.886. The maximum absolute atomic E-state index is 11.9. The van der Waals surface area contributed by atoms with Crippen molar-refractivity contribution in [2.45, 2.75) is 6.42 Å². The van der Waals surface area contributed by atoms with Crippen LogP contribution in [0.2, 0.25) is 10.0 Å². The average Bonchev–Trinajstić information content (AvgIpc) is 2.85. The molecule has 1 aliphatic rings. The Morgan fingerprint density at radius 2 is 2.04 bits per heavy atom. The predicted molar refractivity (Wildman–Crippen MR) is 89.4 cm³/mol. The number of hydrogen-bond acceptors (Lipinski definition) is 3. The Bertz CT molecular complexity index is 793. The van der Waals surface area contributed by atoms with E-state index in [4.69, 9.17) is 27.9 Å². The van der Waals surface area contributed by atoms with E-state index in [1.807, 2.05) is 0 Å². The number of carbonyl (C=O) groups excluding carboxylic acids is 2. The molecule has 0 unspecified atom stereocenters. The number of fused-ring (bicyclic) bond motifs is 1. The Labute approximate surface area is 142 Å². The second kappa shape index (κ2) is 6.48. The highest BCUT2D eigenvalue weighted by atomic mass is 35.5. The van der Waals surface area contributed by atoms with Crippen LogP contribution in [-0.4, -0.2) is 18.4 Å².